The first-order valence-electron chi connectivity index (χ1n) is 9.16. The molecule has 1 amide bonds. The van der Waals surface area contributed by atoms with Gasteiger partial charge in [0.2, 0.25) is 0 Å². The predicted octanol–water partition coefficient (Wildman–Crippen LogP) is 4.42. The van der Waals surface area contributed by atoms with Crippen LogP contribution in [0.5, 0.6) is 0 Å². The highest BCUT2D eigenvalue weighted by atomic mass is 32.1. The van der Waals surface area contributed by atoms with Gasteiger partial charge in [0.1, 0.15) is 5.82 Å². The molecule has 1 saturated heterocycles. The summed E-state index contributed by atoms with van der Waals surface area (Å²) in [5.74, 6) is -0.292. The molecule has 1 fully saturated rings. The van der Waals surface area contributed by atoms with Gasteiger partial charge in [0.05, 0.1) is 9.80 Å². The van der Waals surface area contributed by atoms with Crippen molar-refractivity contribution in [2.45, 2.75) is 0 Å². The maximum absolute atomic E-state index is 13.1. The molecule has 8 heteroatoms. The summed E-state index contributed by atoms with van der Waals surface area (Å²) in [7, 11) is 0. The zero-order valence-corrected chi connectivity index (χ0v) is 16.3. The topological polar surface area (TPSA) is 66.7 Å². The van der Waals surface area contributed by atoms with Gasteiger partial charge >= 0.3 is 0 Å². The molecular formula is C21H18FN3O3S. The van der Waals surface area contributed by atoms with Crippen LogP contribution < -0.4 is 4.90 Å². The highest BCUT2D eigenvalue weighted by Crippen LogP contribution is 2.29. The number of hydrogen-bond acceptors (Lipinski definition) is 5. The highest BCUT2D eigenvalue weighted by molar-refractivity contribution is 7.17. The Labute approximate surface area is 171 Å². The van der Waals surface area contributed by atoms with Crippen LogP contribution >= 0.6 is 11.3 Å². The first kappa shape index (κ1) is 19.1. The van der Waals surface area contributed by atoms with E-state index < -0.39 is 4.92 Å². The molecule has 0 saturated carbocycles. The van der Waals surface area contributed by atoms with Crippen LogP contribution in [0.2, 0.25) is 0 Å². The quantitative estimate of drug-likeness (QED) is 0.471. The molecule has 0 aliphatic carbocycles. The number of nitrogens with zero attached hydrogens (tertiary/aromatic N) is 3. The van der Waals surface area contributed by atoms with Gasteiger partial charge in [-0.3, -0.25) is 14.9 Å². The Kier molecular flexibility index (Phi) is 5.26. The van der Waals surface area contributed by atoms with Crippen LogP contribution in [0.15, 0.2) is 60.7 Å². The Morgan fingerprint density at radius 1 is 0.931 bits per heavy atom. The van der Waals surface area contributed by atoms with Crippen LogP contribution in [0.25, 0.3) is 10.4 Å². The Morgan fingerprint density at radius 3 is 2.21 bits per heavy atom. The summed E-state index contributed by atoms with van der Waals surface area (Å²) in [6.45, 7) is 2.50. The molecule has 0 N–H and O–H groups in total. The van der Waals surface area contributed by atoms with Crippen molar-refractivity contribution in [3.8, 4) is 10.4 Å². The second kappa shape index (κ2) is 8.00. The normalized spacial score (nSPS) is 14.1. The predicted molar refractivity (Wildman–Crippen MR) is 111 cm³/mol. The molecule has 29 heavy (non-hydrogen) atoms. The lowest BCUT2D eigenvalue weighted by molar-refractivity contribution is -0.384. The lowest BCUT2D eigenvalue weighted by Gasteiger charge is -2.35. The third-order valence-electron chi connectivity index (χ3n) is 4.94. The van der Waals surface area contributed by atoms with Crippen LogP contribution in [0, 0.1) is 15.9 Å². The maximum Gasteiger partial charge on any atom is 0.269 e. The van der Waals surface area contributed by atoms with Gasteiger partial charge in [0, 0.05) is 48.9 Å². The summed E-state index contributed by atoms with van der Waals surface area (Å²) >= 11 is 1.40. The van der Waals surface area contributed by atoms with Crippen molar-refractivity contribution in [3.05, 3.63) is 81.5 Å². The molecule has 1 aromatic heterocycles. The fourth-order valence-electron chi connectivity index (χ4n) is 3.33. The number of rotatable bonds is 4. The zero-order chi connectivity index (χ0) is 20.4. The molecule has 1 aliphatic rings. The number of piperazine rings is 1. The zero-order valence-electron chi connectivity index (χ0n) is 15.5. The van der Waals surface area contributed by atoms with E-state index in [0.717, 1.165) is 16.1 Å². The number of benzene rings is 2. The van der Waals surface area contributed by atoms with E-state index in [1.54, 1.807) is 24.3 Å². The summed E-state index contributed by atoms with van der Waals surface area (Å²) in [5.41, 5.74) is 1.87. The largest absolute Gasteiger partial charge is 0.368 e. The van der Waals surface area contributed by atoms with Gasteiger partial charge in [-0.2, -0.15) is 0 Å². The smallest absolute Gasteiger partial charge is 0.269 e. The molecule has 6 nitrogen and oxygen atoms in total. The molecule has 0 radical (unpaired) electrons. The number of hydrogen-bond donors (Lipinski definition) is 0. The van der Waals surface area contributed by atoms with Crippen molar-refractivity contribution in [1.82, 2.24) is 4.90 Å². The van der Waals surface area contributed by atoms with E-state index >= 15 is 0 Å². The maximum atomic E-state index is 13.1. The minimum atomic E-state index is -0.415. The standard InChI is InChI=1S/C21H18FN3O3S/c22-16-3-1-15(2-4-16)19-9-10-20(29-19)21(26)24-13-11-23(12-14-24)17-5-7-18(8-6-17)25(27)28/h1-10H,11-14H2. The number of carbonyl (C=O) groups excluding carboxylic acids is 1. The molecule has 148 valence electrons. The van der Waals surface area contributed by atoms with Crippen LogP contribution in [0.3, 0.4) is 0 Å². The second-order valence-electron chi connectivity index (χ2n) is 6.72. The van der Waals surface area contributed by atoms with Gasteiger partial charge in [-0.25, -0.2) is 4.39 Å². The number of non-ortho nitro benzene ring substituents is 1. The number of nitro groups is 1. The van der Waals surface area contributed by atoms with Crippen molar-refractivity contribution < 1.29 is 14.1 Å². The van der Waals surface area contributed by atoms with Gasteiger partial charge in [0.15, 0.2) is 0 Å². The lowest BCUT2D eigenvalue weighted by atomic mass is 10.2. The van der Waals surface area contributed by atoms with Gasteiger partial charge < -0.3 is 9.80 Å². The van der Waals surface area contributed by atoms with Crippen molar-refractivity contribution in [3.63, 3.8) is 0 Å². The number of anilines is 1. The van der Waals surface area contributed by atoms with Crippen molar-refractivity contribution >= 4 is 28.6 Å². The Morgan fingerprint density at radius 2 is 1.59 bits per heavy atom. The lowest BCUT2D eigenvalue weighted by Crippen LogP contribution is -2.48. The average molecular weight is 411 g/mol. The summed E-state index contributed by atoms with van der Waals surface area (Å²) in [6, 6.07) is 16.4. The average Bonchev–Trinajstić information content (AvgIpc) is 3.24. The summed E-state index contributed by atoms with van der Waals surface area (Å²) < 4.78 is 13.1. The Balaban J connectivity index is 1.39. The van der Waals surface area contributed by atoms with E-state index in [1.165, 1.54) is 35.6 Å². The Hall–Kier alpha value is -3.26. The molecule has 4 rings (SSSR count). The Bertz CT molecular complexity index is 1030. The van der Waals surface area contributed by atoms with E-state index in [0.29, 0.717) is 31.1 Å². The van der Waals surface area contributed by atoms with E-state index in [2.05, 4.69) is 4.90 Å². The van der Waals surface area contributed by atoms with E-state index in [4.69, 9.17) is 0 Å². The van der Waals surface area contributed by atoms with Gasteiger partial charge in [-0.05, 0) is 42.0 Å². The second-order valence-corrected chi connectivity index (χ2v) is 7.81. The number of halogens is 1. The number of carbonyl (C=O) groups is 1. The fourth-order valence-corrected chi connectivity index (χ4v) is 4.31. The molecule has 1 aliphatic heterocycles. The van der Waals surface area contributed by atoms with Gasteiger partial charge in [-0.15, -0.1) is 11.3 Å². The summed E-state index contributed by atoms with van der Waals surface area (Å²) in [4.78, 5) is 28.7. The van der Waals surface area contributed by atoms with Gasteiger partial charge in [-0.1, -0.05) is 12.1 Å². The molecule has 0 bridgehead atoms. The van der Waals surface area contributed by atoms with Crippen molar-refractivity contribution in [1.29, 1.82) is 0 Å². The van der Waals surface area contributed by atoms with Crippen LogP contribution in [0.4, 0.5) is 15.8 Å². The van der Waals surface area contributed by atoms with Gasteiger partial charge in [0.25, 0.3) is 11.6 Å². The first-order valence-corrected chi connectivity index (χ1v) is 9.97. The van der Waals surface area contributed by atoms with Crippen molar-refractivity contribution in [2.75, 3.05) is 31.1 Å². The molecule has 0 unspecified atom stereocenters. The fraction of sp³-hybridized carbons (Fsp3) is 0.190. The highest BCUT2D eigenvalue weighted by Gasteiger charge is 2.24. The van der Waals surface area contributed by atoms with E-state index in [9.17, 15) is 19.3 Å². The number of thiophene rings is 1. The van der Waals surface area contributed by atoms with Crippen LogP contribution in [0.1, 0.15) is 9.67 Å². The molecule has 2 aromatic carbocycles. The molecular weight excluding hydrogens is 393 g/mol. The minimum Gasteiger partial charge on any atom is -0.368 e. The summed E-state index contributed by atoms with van der Waals surface area (Å²) in [5, 5.41) is 10.8. The monoisotopic (exact) mass is 411 g/mol. The third kappa shape index (κ3) is 4.12. The first-order chi connectivity index (χ1) is 14.0. The molecule has 0 atom stereocenters. The van der Waals surface area contributed by atoms with E-state index in [1.807, 2.05) is 17.0 Å². The minimum absolute atomic E-state index is 0.00767. The van der Waals surface area contributed by atoms with Crippen molar-refractivity contribution in [2.24, 2.45) is 0 Å². The van der Waals surface area contributed by atoms with Crippen LogP contribution in [-0.4, -0.2) is 41.9 Å². The molecule has 0 spiro atoms. The SMILES string of the molecule is O=C(c1ccc(-c2ccc(F)cc2)s1)N1CCN(c2ccc([N+](=O)[O-])cc2)CC1. The molecule has 3 aromatic rings. The summed E-state index contributed by atoms with van der Waals surface area (Å²) in [6.07, 6.45) is 0. The van der Waals surface area contributed by atoms with Crippen LogP contribution in [-0.2, 0) is 0 Å². The number of nitro benzene ring substituents is 1. The molecule has 2 heterocycles. The van der Waals surface area contributed by atoms with E-state index in [-0.39, 0.29) is 17.4 Å². The number of amides is 1. The third-order valence-corrected chi connectivity index (χ3v) is 6.06.